The summed E-state index contributed by atoms with van der Waals surface area (Å²) in [6, 6.07) is 9.66. The smallest absolute Gasteiger partial charge is 0.379 e. The van der Waals surface area contributed by atoms with Gasteiger partial charge in [-0.3, -0.25) is 0 Å². The zero-order valence-corrected chi connectivity index (χ0v) is 10.1. The first-order valence-electron chi connectivity index (χ1n) is 4.83. The lowest BCUT2D eigenvalue weighted by Gasteiger charge is -2.14. The van der Waals surface area contributed by atoms with Gasteiger partial charge in [-0.15, -0.1) is 0 Å². The number of hydrogen-bond acceptors (Lipinski definition) is 1. The third-order valence-electron chi connectivity index (χ3n) is 2.49. The molecule has 0 saturated heterocycles. The first kappa shape index (κ1) is 12.4. The topological polar surface area (TPSA) is 20.2 Å². The summed E-state index contributed by atoms with van der Waals surface area (Å²) in [5.41, 5.74) is 0.913. The fourth-order valence-corrected chi connectivity index (χ4v) is 2.29. The summed E-state index contributed by atoms with van der Waals surface area (Å²) in [5.74, 6) is 0. The summed E-state index contributed by atoms with van der Waals surface area (Å²) in [6.45, 7) is 0. The molecule has 0 radical (unpaired) electrons. The molecule has 5 heteroatoms. The number of aliphatic hydroxyl groups excluding tert-OH is 1. The largest absolute Gasteiger partial charge is 0.418 e. The van der Waals surface area contributed by atoms with Gasteiger partial charge in [0.1, 0.15) is 0 Å². The van der Waals surface area contributed by atoms with Gasteiger partial charge >= 0.3 is 6.18 Å². The molecule has 0 amide bonds. The summed E-state index contributed by atoms with van der Waals surface area (Å²) in [4.78, 5) is 0. The fourth-order valence-electron chi connectivity index (χ4n) is 1.70. The van der Waals surface area contributed by atoms with Gasteiger partial charge in [0, 0.05) is 4.47 Å². The zero-order chi connectivity index (χ0) is 12.6. The highest BCUT2D eigenvalue weighted by molar-refractivity contribution is 9.10. The molecule has 2 aliphatic carbocycles. The lowest BCUT2D eigenvalue weighted by Crippen LogP contribution is -2.20. The number of aliphatic hydroxyl groups is 1. The summed E-state index contributed by atoms with van der Waals surface area (Å²) in [6.07, 6.45) is -7.12. The Kier molecular flexibility index (Phi) is 3.14. The van der Waals surface area contributed by atoms with Crippen LogP contribution in [0.25, 0.3) is 11.1 Å². The molecule has 17 heavy (non-hydrogen) atoms. The number of alkyl halides is 3. The molecule has 0 saturated carbocycles. The molecule has 1 atom stereocenters. The van der Waals surface area contributed by atoms with Crippen LogP contribution in [-0.2, 0) is 0 Å². The third-order valence-corrected chi connectivity index (χ3v) is 3.15. The van der Waals surface area contributed by atoms with Crippen molar-refractivity contribution in [2.45, 2.75) is 12.3 Å². The molecule has 0 heterocycles. The van der Waals surface area contributed by atoms with E-state index in [2.05, 4.69) is 15.9 Å². The summed E-state index contributed by atoms with van der Waals surface area (Å²) < 4.78 is 38.0. The number of hydrogen-bond donors (Lipinski definition) is 1. The van der Waals surface area contributed by atoms with Gasteiger partial charge in [0.05, 0.1) is 0 Å². The van der Waals surface area contributed by atoms with Crippen LogP contribution in [0.15, 0.2) is 40.9 Å². The first-order chi connectivity index (χ1) is 7.91. The van der Waals surface area contributed by atoms with Crippen molar-refractivity contribution in [3.8, 4) is 11.1 Å². The van der Waals surface area contributed by atoms with Gasteiger partial charge in [-0.2, -0.15) is 13.2 Å². The van der Waals surface area contributed by atoms with E-state index in [9.17, 15) is 18.3 Å². The highest BCUT2D eigenvalue weighted by Gasteiger charge is 2.41. The molecule has 1 N–H and O–H groups in total. The maximum absolute atomic E-state index is 12.5. The van der Waals surface area contributed by atoms with Crippen molar-refractivity contribution < 1.29 is 18.3 Å². The van der Waals surface area contributed by atoms with E-state index < -0.39 is 12.3 Å². The van der Waals surface area contributed by atoms with Crippen LogP contribution >= 0.6 is 15.9 Å². The lowest BCUT2D eigenvalue weighted by atomic mass is 10.1. The monoisotopic (exact) mass is 304 g/mol. The van der Waals surface area contributed by atoms with Gasteiger partial charge in [-0.25, -0.2) is 0 Å². The molecule has 0 aromatic heterocycles. The number of halogens is 4. The average Bonchev–Trinajstić information content (AvgIpc) is 2.45. The zero-order valence-electron chi connectivity index (χ0n) is 8.50. The molecule has 2 rings (SSSR count). The van der Waals surface area contributed by atoms with Crippen molar-refractivity contribution in [2.24, 2.45) is 0 Å². The number of fused-ring (bicyclic) bond motifs is 1. The SMILES string of the molecule is OC(c1cc(Br)c2cccccc1-2)C(F)(F)F. The minimum Gasteiger partial charge on any atom is -0.379 e. The van der Waals surface area contributed by atoms with Crippen molar-refractivity contribution in [3.63, 3.8) is 0 Å². The standard InChI is InChI=1S/C12H8BrF3O/c13-10-6-9(11(17)12(14,15)16)7-4-2-1-3-5-8(7)10/h1-6,11,17H. The van der Waals surface area contributed by atoms with Gasteiger partial charge in [0.25, 0.3) is 0 Å². The van der Waals surface area contributed by atoms with Crippen LogP contribution in [0, 0.1) is 0 Å². The molecular weight excluding hydrogens is 297 g/mol. The van der Waals surface area contributed by atoms with E-state index >= 15 is 0 Å². The second-order valence-electron chi connectivity index (χ2n) is 3.63. The average molecular weight is 305 g/mol. The first-order valence-corrected chi connectivity index (χ1v) is 5.62. The molecule has 0 bridgehead atoms. The van der Waals surface area contributed by atoms with Crippen LogP contribution in [0.4, 0.5) is 13.2 Å². The maximum Gasteiger partial charge on any atom is 0.418 e. The lowest BCUT2D eigenvalue weighted by molar-refractivity contribution is -0.206. The second kappa shape index (κ2) is 4.31. The summed E-state index contributed by atoms with van der Waals surface area (Å²) in [5, 5.41) is 9.30. The molecular formula is C12H8BrF3O. The Labute approximate surface area is 104 Å². The predicted molar refractivity (Wildman–Crippen MR) is 61.8 cm³/mol. The van der Waals surface area contributed by atoms with Crippen LogP contribution in [0.2, 0.25) is 0 Å². The van der Waals surface area contributed by atoms with E-state index in [1.807, 2.05) is 0 Å². The molecule has 1 unspecified atom stereocenters. The maximum atomic E-state index is 12.5. The van der Waals surface area contributed by atoms with Crippen LogP contribution in [-0.4, -0.2) is 11.3 Å². The predicted octanol–water partition coefficient (Wildman–Crippen LogP) is 4.15. The Balaban J connectivity index is 2.59. The molecule has 0 aliphatic heterocycles. The van der Waals surface area contributed by atoms with Gasteiger partial charge in [0.2, 0.25) is 0 Å². The third kappa shape index (κ3) is 2.30. The van der Waals surface area contributed by atoms with Crippen molar-refractivity contribution in [1.29, 1.82) is 0 Å². The van der Waals surface area contributed by atoms with E-state index in [0.29, 0.717) is 15.6 Å². The Bertz CT molecular complexity index is 510. The fraction of sp³-hybridized carbons (Fsp3) is 0.167. The van der Waals surface area contributed by atoms with E-state index in [1.165, 1.54) is 6.07 Å². The minimum absolute atomic E-state index is 0.129. The van der Waals surface area contributed by atoms with E-state index in [1.54, 1.807) is 30.3 Å². The normalized spacial score (nSPS) is 13.9. The molecule has 1 nitrogen and oxygen atoms in total. The Morgan fingerprint density at radius 1 is 1.06 bits per heavy atom. The Morgan fingerprint density at radius 2 is 1.65 bits per heavy atom. The van der Waals surface area contributed by atoms with Crippen LogP contribution in [0.5, 0.6) is 0 Å². The molecule has 2 aliphatic rings. The Morgan fingerprint density at radius 3 is 2.24 bits per heavy atom. The minimum atomic E-state index is -4.66. The van der Waals surface area contributed by atoms with Crippen molar-refractivity contribution >= 4 is 15.9 Å². The van der Waals surface area contributed by atoms with E-state index in [0.717, 1.165) is 0 Å². The molecule has 0 aromatic rings. The van der Waals surface area contributed by atoms with E-state index in [-0.39, 0.29) is 5.56 Å². The van der Waals surface area contributed by atoms with Crippen LogP contribution in [0.3, 0.4) is 0 Å². The second-order valence-corrected chi connectivity index (χ2v) is 4.48. The van der Waals surface area contributed by atoms with Crippen molar-refractivity contribution in [3.05, 3.63) is 46.4 Å². The van der Waals surface area contributed by atoms with E-state index in [4.69, 9.17) is 0 Å². The van der Waals surface area contributed by atoms with Crippen LogP contribution < -0.4 is 0 Å². The van der Waals surface area contributed by atoms with Gasteiger partial charge < -0.3 is 5.11 Å². The molecule has 0 fully saturated rings. The van der Waals surface area contributed by atoms with Crippen LogP contribution in [0.1, 0.15) is 11.7 Å². The van der Waals surface area contributed by atoms with Gasteiger partial charge in [-0.05, 0) is 22.8 Å². The molecule has 0 aromatic carbocycles. The van der Waals surface area contributed by atoms with Crippen molar-refractivity contribution in [2.75, 3.05) is 0 Å². The Hall–Kier alpha value is -1.07. The summed E-state index contributed by atoms with van der Waals surface area (Å²) in [7, 11) is 0. The number of rotatable bonds is 1. The quantitative estimate of drug-likeness (QED) is 0.839. The molecule has 90 valence electrons. The highest BCUT2D eigenvalue weighted by atomic mass is 79.9. The van der Waals surface area contributed by atoms with Crippen molar-refractivity contribution in [1.82, 2.24) is 0 Å². The summed E-state index contributed by atoms with van der Waals surface area (Å²) >= 11 is 3.20. The van der Waals surface area contributed by atoms with Gasteiger partial charge in [0.15, 0.2) is 6.10 Å². The van der Waals surface area contributed by atoms with Gasteiger partial charge in [-0.1, -0.05) is 46.3 Å². The molecule has 0 spiro atoms. The highest BCUT2D eigenvalue weighted by Crippen LogP contribution is 2.43.